The van der Waals surface area contributed by atoms with E-state index in [0.29, 0.717) is 11.3 Å². The van der Waals surface area contributed by atoms with Gasteiger partial charge in [0, 0.05) is 11.3 Å². The predicted octanol–water partition coefficient (Wildman–Crippen LogP) is 3.14. The Kier molecular flexibility index (Phi) is 6.63. The molecule has 26 heavy (non-hydrogen) atoms. The summed E-state index contributed by atoms with van der Waals surface area (Å²) in [5, 5.41) is 11.0. The maximum atomic E-state index is 12.1. The van der Waals surface area contributed by atoms with E-state index < -0.39 is 11.9 Å². The van der Waals surface area contributed by atoms with Gasteiger partial charge < -0.3 is 10.1 Å². The van der Waals surface area contributed by atoms with E-state index in [0.717, 1.165) is 12.0 Å². The molecule has 1 amide bonds. The van der Waals surface area contributed by atoms with Gasteiger partial charge in [0.2, 0.25) is 5.91 Å². The third kappa shape index (κ3) is 5.28. The predicted molar refractivity (Wildman–Crippen MR) is 95.7 cm³/mol. The van der Waals surface area contributed by atoms with Crippen molar-refractivity contribution in [2.24, 2.45) is 0 Å². The first-order valence-corrected chi connectivity index (χ1v) is 8.09. The molecule has 6 nitrogen and oxygen atoms in total. The van der Waals surface area contributed by atoms with Crippen LogP contribution in [0.1, 0.15) is 39.6 Å². The highest BCUT2D eigenvalue weighted by Crippen LogP contribution is 2.12. The van der Waals surface area contributed by atoms with Gasteiger partial charge in [-0.3, -0.25) is 9.59 Å². The summed E-state index contributed by atoms with van der Waals surface area (Å²) in [7, 11) is 0. The first-order chi connectivity index (χ1) is 12.5. The second-order valence-electron chi connectivity index (χ2n) is 5.51. The normalized spacial score (nSPS) is 9.85. The molecule has 0 spiro atoms. The quantitative estimate of drug-likeness (QED) is 0.611. The van der Waals surface area contributed by atoms with E-state index in [1.165, 1.54) is 24.3 Å². The molecule has 132 valence electrons. The summed E-state index contributed by atoms with van der Waals surface area (Å²) in [6.45, 7) is 1.68. The fourth-order valence-corrected chi connectivity index (χ4v) is 2.19. The standard InChI is InChI=1S/C20H18N2O4/c1-2-14-3-5-15(6-4-14)18(23)13-26-20(25)16-7-9-17(10-8-16)22-19(24)11-12-21/h3-10H,2,11,13H2,1H3,(H,22,24). The molecule has 0 fully saturated rings. The molecule has 1 N–H and O–H groups in total. The molecule has 2 aromatic carbocycles. The molecule has 6 heteroatoms. The van der Waals surface area contributed by atoms with Crippen LogP contribution in [0, 0.1) is 11.3 Å². The van der Waals surface area contributed by atoms with E-state index in [1.54, 1.807) is 18.2 Å². The monoisotopic (exact) mass is 350 g/mol. The molecule has 0 atom stereocenters. The van der Waals surface area contributed by atoms with Crippen molar-refractivity contribution in [3.8, 4) is 6.07 Å². The van der Waals surface area contributed by atoms with Crippen molar-refractivity contribution in [3.05, 3.63) is 65.2 Å². The largest absolute Gasteiger partial charge is 0.454 e. The van der Waals surface area contributed by atoms with E-state index in [1.807, 2.05) is 19.1 Å². The fraction of sp³-hybridized carbons (Fsp3) is 0.200. The van der Waals surface area contributed by atoms with Gasteiger partial charge >= 0.3 is 5.97 Å². The lowest BCUT2D eigenvalue weighted by molar-refractivity contribution is -0.115. The average Bonchev–Trinajstić information content (AvgIpc) is 2.66. The van der Waals surface area contributed by atoms with Crippen molar-refractivity contribution in [1.29, 1.82) is 5.26 Å². The molecule has 0 aromatic heterocycles. The minimum absolute atomic E-state index is 0.245. The molecule has 0 unspecified atom stereocenters. The number of nitrogens with zero attached hydrogens (tertiary/aromatic N) is 1. The van der Waals surface area contributed by atoms with Crippen LogP contribution >= 0.6 is 0 Å². The molecule has 0 saturated carbocycles. The second kappa shape index (κ2) is 9.14. The van der Waals surface area contributed by atoms with Crippen molar-refractivity contribution in [2.45, 2.75) is 19.8 Å². The van der Waals surface area contributed by atoms with Crippen LogP contribution in [0.25, 0.3) is 0 Å². The number of esters is 1. The number of rotatable bonds is 7. The average molecular weight is 350 g/mol. The number of hydrogen-bond acceptors (Lipinski definition) is 5. The van der Waals surface area contributed by atoms with Gasteiger partial charge in [-0.05, 0) is 36.2 Å². The zero-order chi connectivity index (χ0) is 18.9. The number of hydrogen-bond donors (Lipinski definition) is 1. The van der Waals surface area contributed by atoms with E-state index in [4.69, 9.17) is 10.00 Å². The molecule has 0 heterocycles. The summed E-state index contributed by atoms with van der Waals surface area (Å²) in [4.78, 5) is 35.4. The highest BCUT2D eigenvalue weighted by Gasteiger charge is 2.12. The van der Waals surface area contributed by atoms with Gasteiger partial charge in [0.05, 0.1) is 11.6 Å². The third-order valence-corrected chi connectivity index (χ3v) is 3.66. The first kappa shape index (κ1) is 18.9. The lowest BCUT2D eigenvalue weighted by Crippen LogP contribution is -2.14. The van der Waals surface area contributed by atoms with Gasteiger partial charge in [-0.25, -0.2) is 4.79 Å². The van der Waals surface area contributed by atoms with Crippen LogP contribution in [0.4, 0.5) is 5.69 Å². The van der Waals surface area contributed by atoms with E-state index in [-0.39, 0.29) is 24.4 Å². The smallest absolute Gasteiger partial charge is 0.338 e. The molecular formula is C20H18N2O4. The van der Waals surface area contributed by atoms with Crippen LogP contribution in [-0.4, -0.2) is 24.3 Å². The second-order valence-corrected chi connectivity index (χ2v) is 5.51. The molecular weight excluding hydrogens is 332 g/mol. The Labute approximate surface area is 151 Å². The van der Waals surface area contributed by atoms with Gasteiger partial charge in [0.1, 0.15) is 6.42 Å². The lowest BCUT2D eigenvalue weighted by Gasteiger charge is -2.06. The SMILES string of the molecule is CCc1ccc(C(=O)COC(=O)c2ccc(NC(=O)CC#N)cc2)cc1. The van der Waals surface area contributed by atoms with E-state index in [9.17, 15) is 14.4 Å². The van der Waals surface area contributed by atoms with Crippen LogP contribution in [0.5, 0.6) is 0 Å². The number of benzene rings is 2. The Balaban J connectivity index is 1.89. The van der Waals surface area contributed by atoms with Gasteiger partial charge in [-0.15, -0.1) is 0 Å². The number of carbonyl (C=O) groups is 3. The number of aryl methyl sites for hydroxylation is 1. The minimum atomic E-state index is -0.626. The maximum Gasteiger partial charge on any atom is 0.338 e. The van der Waals surface area contributed by atoms with Gasteiger partial charge in [0.25, 0.3) is 0 Å². The maximum absolute atomic E-state index is 12.1. The number of ketones is 1. The number of carbonyl (C=O) groups excluding carboxylic acids is 3. The molecule has 0 aliphatic carbocycles. The Hall–Kier alpha value is -3.46. The topological polar surface area (TPSA) is 96.3 Å². The zero-order valence-corrected chi connectivity index (χ0v) is 14.3. The van der Waals surface area contributed by atoms with Crippen molar-refractivity contribution >= 4 is 23.3 Å². The Morgan fingerprint density at radius 2 is 1.62 bits per heavy atom. The summed E-state index contributed by atoms with van der Waals surface area (Å²) in [6.07, 6.45) is 0.640. The van der Waals surface area contributed by atoms with Gasteiger partial charge in [-0.2, -0.15) is 5.26 Å². The van der Waals surface area contributed by atoms with Gasteiger partial charge in [0.15, 0.2) is 12.4 Å². The minimum Gasteiger partial charge on any atom is -0.454 e. The number of ether oxygens (including phenoxy) is 1. The molecule has 0 radical (unpaired) electrons. The number of nitrogens with one attached hydrogen (secondary N) is 1. The number of anilines is 1. The van der Waals surface area contributed by atoms with Crippen LogP contribution in [0.15, 0.2) is 48.5 Å². The number of amides is 1. The summed E-state index contributed by atoms with van der Waals surface area (Å²) in [6, 6.07) is 14.9. The molecule has 0 aliphatic heterocycles. The highest BCUT2D eigenvalue weighted by molar-refractivity contribution is 5.99. The molecule has 2 rings (SSSR count). The van der Waals surface area contributed by atoms with E-state index in [2.05, 4.69) is 5.32 Å². The van der Waals surface area contributed by atoms with Crippen molar-refractivity contribution in [3.63, 3.8) is 0 Å². The van der Waals surface area contributed by atoms with Crippen LogP contribution in [0.3, 0.4) is 0 Å². The summed E-state index contributed by atoms with van der Waals surface area (Å²) >= 11 is 0. The first-order valence-electron chi connectivity index (χ1n) is 8.09. The fourth-order valence-electron chi connectivity index (χ4n) is 2.19. The Bertz CT molecular complexity index is 834. The zero-order valence-electron chi connectivity index (χ0n) is 14.3. The molecule has 0 saturated heterocycles. The third-order valence-electron chi connectivity index (χ3n) is 3.66. The Morgan fingerprint density at radius 1 is 1.00 bits per heavy atom. The van der Waals surface area contributed by atoms with Crippen LogP contribution in [-0.2, 0) is 16.0 Å². The van der Waals surface area contributed by atoms with Crippen molar-refractivity contribution in [1.82, 2.24) is 0 Å². The lowest BCUT2D eigenvalue weighted by atomic mass is 10.1. The van der Waals surface area contributed by atoms with Crippen molar-refractivity contribution in [2.75, 3.05) is 11.9 Å². The van der Waals surface area contributed by atoms with Gasteiger partial charge in [-0.1, -0.05) is 31.2 Å². The number of nitriles is 1. The Morgan fingerprint density at radius 3 is 2.19 bits per heavy atom. The molecule has 0 aliphatic rings. The van der Waals surface area contributed by atoms with E-state index >= 15 is 0 Å². The highest BCUT2D eigenvalue weighted by atomic mass is 16.5. The molecule has 0 bridgehead atoms. The summed E-state index contributed by atoms with van der Waals surface area (Å²) in [5.41, 5.74) is 2.34. The molecule has 2 aromatic rings. The summed E-state index contributed by atoms with van der Waals surface area (Å²) in [5.74, 6) is -1.33. The summed E-state index contributed by atoms with van der Waals surface area (Å²) < 4.78 is 5.04. The van der Waals surface area contributed by atoms with Crippen LogP contribution in [0.2, 0.25) is 0 Å². The van der Waals surface area contributed by atoms with Crippen molar-refractivity contribution < 1.29 is 19.1 Å². The van der Waals surface area contributed by atoms with Crippen LogP contribution < -0.4 is 5.32 Å². The number of Topliss-reactive ketones (excluding diaryl/α,β-unsaturated/α-hetero) is 1.